The van der Waals surface area contributed by atoms with E-state index in [1.54, 1.807) is 0 Å². The lowest BCUT2D eigenvalue weighted by atomic mass is 10.3. The molecule has 1 heterocycles. The molecule has 0 aromatic carbocycles. The third kappa shape index (κ3) is 4.60. The molecule has 0 aliphatic carbocycles. The normalized spacial score (nSPS) is 10.3. The summed E-state index contributed by atoms with van der Waals surface area (Å²) < 4.78 is 1.89. The third-order valence-corrected chi connectivity index (χ3v) is 2.02. The van der Waals surface area contributed by atoms with Crippen LogP contribution in [0, 0.1) is 0 Å². The topological polar surface area (TPSA) is 59.0 Å². The van der Waals surface area contributed by atoms with Crippen LogP contribution in [0.3, 0.4) is 0 Å². The maximum absolute atomic E-state index is 10.6. The summed E-state index contributed by atoms with van der Waals surface area (Å²) in [5.74, 6) is 0.00982. The first-order valence-corrected chi connectivity index (χ1v) is 5.19. The number of nitrogens with zero attached hydrogens (tertiary/aromatic N) is 2. The highest BCUT2D eigenvalue weighted by molar-refractivity contribution is 5.72. The van der Waals surface area contributed by atoms with Crippen molar-refractivity contribution >= 4 is 5.91 Å². The van der Waals surface area contributed by atoms with Gasteiger partial charge < -0.3 is 10.6 Å². The van der Waals surface area contributed by atoms with E-state index in [9.17, 15) is 4.79 Å². The van der Waals surface area contributed by atoms with Crippen LogP contribution in [0.2, 0.25) is 0 Å². The van der Waals surface area contributed by atoms with Crippen LogP contribution < -0.4 is 10.6 Å². The molecule has 5 nitrogen and oxygen atoms in total. The van der Waals surface area contributed by atoms with Crippen molar-refractivity contribution in [2.24, 2.45) is 0 Å². The van der Waals surface area contributed by atoms with Gasteiger partial charge in [-0.15, -0.1) is 0 Å². The zero-order valence-electron chi connectivity index (χ0n) is 9.29. The summed E-state index contributed by atoms with van der Waals surface area (Å²) in [6.45, 7) is 6.70. The van der Waals surface area contributed by atoms with Crippen molar-refractivity contribution in [3.63, 3.8) is 0 Å². The molecule has 0 saturated carbocycles. The average Bonchev–Trinajstić information content (AvgIpc) is 2.65. The smallest absolute Gasteiger partial charge is 0.216 e. The van der Waals surface area contributed by atoms with Crippen molar-refractivity contribution in [2.45, 2.75) is 26.9 Å². The molecule has 0 saturated heterocycles. The van der Waals surface area contributed by atoms with Gasteiger partial charge in [-0.1, -0.05) is 0 Å². The molecule has 0 aliphatic rings. The highest BCUT2D eigenvalue weighted by Crippen LogP contribution is 1.95. The van der Waals surface area contributed by atoms with Gasteiger partial charge in [0.2, 0.25) is 5.91 Å². The van der Waals surface area contributed by atoms with Crippen molar-refractivity contribution in [1.29, 1.82) is 0 Å². The third-order valence-electron chi connectivity index (χ3n) is 2.02. The van der Waals surface area contributed by atoms with E-state index in [0.29, 0.717) is 6.54 Å². The molecule has 0 unspecified atom stereocenters. The first-order chi connectivity index (χ1) is 7.22. The van der Waals surface area contributed by atoms with Gasteiger partial charge in [-0.2, -0.15) is 5.10 Å². The second-order valence-corrected chi connectivity index (χ2v) is 3.36. The SMILES string of the molecule is CCn1cc(CNCCNC(C)=O)cn1. The van der Waals surface area contributed by atoms with Crippen molar-refractivity contribution in [3.05, 3.63) is 18.0 Å². The van der Waals surface area contributed by atoms with Crippen LogP contribution in [0.15, 0.2) is 12.4 Å². The van der Waals surface area contributed by atoms with Gasteiger partial charge >= 0.3 is 0 Å². The van der Waals surface area contributed by atoms with Gasteiger partial charge in [0.15, 0.2) is 0 Å². The molecule has 0 aliphatic heterocycles. The van der Waals surface area contributed by atoms with Crippen molar-refractivity contribution < 1.29 is 4.79 Å². The van der Waals surface area contributed by atoms with E-state index < -0.39 is 0 Å². The molecule has 1 amide bonds. The summed E-state index contributed by atoms with van der Waals surface area (Å²) in [6, 6.07) is 0. The number of aryl methyl sites for hydroxylation is 1. The summed E-state index contributed by atoms with van der Waals surface area (Å²) in [7, 11) is 0. The predicted molar refractivity (Wildman–Crippen MR) is 58.3 cm³/mol. The monoisotopic (exact) mass is 210 g/mol. The van der Waals surface area contributed by atoms with Gasteiger partial charge in [0, 0.05) is 44.9 Å². The van der Waals surface area contributed by atoms with Crippen LogP contribution in [0.25, 0.3) is 0 Å². The zero-order valence-corrected chi connectivity index (χ0v) is 9.29. The van der Waals surface area contributed by atoms with Crippen LogP contribution in [-0.2, 0) is 17.9 Å². The van der Waals surface area contributed by atoms with Gasteiger partial charge in [0.1, 0.15) is 0 Å². The molecule has 84 valence electrons. The first kappa shape index (κ1) is 11.7. The second kappa shape index (κ2) is 6.19. The lowest BCUT2D eigenvalue weighted by molar-refractivity contribution is -0.118. The molecule has 0 spiro atoms. The molecule has 0 bridgehead atoms. The predicted octanol–water partition coefficient (Wildman–Crippen LogP) is 0.129. The van der Waals surface area contributed by atoms with Crippen LogP contribution in [0.4, 0.5) is 0 Å². The Morgan fingerprint density at radius 3 is 2.93 bits per heavy atom. The molecular formula is C10H18N4O. The van der Waals surface area contributed by atoms with E-state index >= 15 is 0 Å². The van der Waals surface area contributed by atoms with Crippen molar-refractivity contribution in [2.75, 3.05) is 13.1 Å². The van der Waals surface area contributed by atoms with Gasteiger partial charge in [0.05, 0.1) is 6.20 Å². The number of rotatable bonds is 6. The second-order valence-electron chi connectivity index (χ2n) is 3.36. The molecule has 0 fully saturated rings. The Kier molecular flexibility index (Phi) is 4.83. The van der Waals surface area contributed by atoms with Crippen molar-refractivity contribution in [3.8, 4) is 0 Å². The molecule has 1 aromatic heterocycles. The lowest BCUT2D eigenvalue weighted by Gasteiger charge is -2.03. The minimum atomic E-state index is 0.00982. The highest BCUT2D eigenvalue weighted by atomic mass is 16.1. The number of hydrogen-bond donors (Lipinski definition) is 2. The number of amides is 1. The Hall–Kier alpha value is -1.36. The Morgan fingerprint density at radius 1 is 1.53 bits per heavy atom. The standard InChI is InChI=1S/C10H18N4O/c1-3-14-8-10(7-13-14)6-11-4-5-12-9(2)15/h7-8,11H,3-6H2,1-2H3,(H,12,15). The Labute approximate surface area is 89.9 Å². The summed E-state index contributed by atoms with van der Waals surface area (Å²) in [4.78, 5) is 10.6. The molecule has 2 N–H and O–H groups in total. The van der Waals surface area contributed by atoms with Crippen LogP contribution in [-0.4, -0.2) is 28.8 Å². The summed E-state index contributed by atoms with van der Waals surface area (Å²) in [5.41, 5.74) is 1.17. The van der Waals surface area contributed by atoms with E-state index in [1.807, 2.05) is 17.1 Å². The average molecular weight is 210 g/mol. The van der Waals surface area contributed by atoms with E-state index in [2.05, 4.69) is 22.7 Å². The van der Waals surface area contributed by atoms with Crippen molar-refractivity contribution in [1.82, 2.24) is 20.4 Å². The Balaban J connectivity index is 2.12. The van der Waals surface area contributed by atoms with E-state index in [0.717, 1.165) is 19.6 Å². The van der Waals surface area contributed by atoms with Gasteiger partial charge in [0.25, 0.3) is 0 Å². The zero-order chi connectivity index (χ0) is 11.1. The van der Waals surface area contributed by atoms with Gasteiger partial charge in [-0.3, -0.25) is 9.48 Å². The summed E-state index contributed by atoms with van der Waals surface area (Å²) >= 11 is 0. The number of hydrogen-bond acceptors (Lipinski definition) is 3. The maximum Gasteiger partial charge on any atom is 0.216 e. The lowest BCUT2D eigenvalue weighted by Crippen LogP contribution is -2.29. The fourth-order valence-electron chi connectivity index (χ4n) is 1.23. The molecule has 1 rings (SSSR count). The first-order valence-electron chi connectivity index (χ1n) is 5.19. The number of carbonyl (C=O) groups is 1. The number of nitrogens with one attached hydrogen (secondary N) is 2. The molecule has 0 atom stereocenters. The van der Waals surface area contributed by atoms with Crippen LogP contribution in [0.5, 0.6) is 0 Å². The minimum Gasteiger partial charge on any atom is -0.355 e. The number of aromatic nitrogens is 2. The maximum atomic E-state index is 10.6. The highest BCUT2D eigenvalue weighted by Gasteiger charge is 1.96. The fourth-order valence-corrected chi connectivity index (χ4v) is 1.23. The fraction of sp³-hybridized carbons (Fsp3) is 0.600. The molecule has 15 heavy (non-hydrogen) atoms. The number of carbonyl (C=O) groups excluding carboxylic acids is 1. The van der Waals surface area contributed by atoms with E-state index in [1.165, 1.54) is 12.5 Å². The van der Waals surface area contributed by atoms with E-state index in [-0.39, 0.29) is 5.91 Å². The Morgan fingerprint density at radius 2 is 2.33 bits per heavy atom. The largest absolute Gasteiger partial charge is 0.355 e. The van der Waals surface area contributed by atoms with Gasteiger partial charge in [-0.05, 0) is 6.92 Å². The van der Waals surface area contributed by atoms with Crippen LogP contribution in [0.1, 0.15) is 19.4 Å². The summed E-state index contributed by atoms with van der Waals surface area (Å²) in [5, 5.41) is 10.1. The quantitative estimate of drug-likeness (QED) is 0.656. The minimum absolute atomic E-state index is 0.00982. The molecule has 1 aromatic rings. The summed E-state index contributed by atoms with van der Waals surface area (Å²) in [6.07, 6.45) is 3.88. The van der Waals surface area contributed by atoms with Crippen LogP contribution >= 0.6 is 0 Å². The molecular weight excluding hydrogens is 192 g/mol. The molecule has 0 radical (unpaired) electrons. The Bertz CT molecular complexity index is 308. The van der Waals surface area contributed by atoms with E-state index in [4.69, 9.17) is 0 Å². The van der Waals surface area contributed by atoms with Gasteiger partial charge in [-0.25, -0.2) is 0 Å². The molecule has 5 heteroatoms.